The number of halogens is 3. The third kappa shape index (κ3) is 4.67. The zero-order valence-electron chi connectivity index (χ0n) is 14.2. The standard InChI is InChI=1S/C15H18F3N5O3/c1-8-10(5-6-11(24)19-7-3-4-12(25)26)9(2)23-14(20-8)21-13(22-23)15(16,17)18/h3-7H2,1-2H3,(H,19,24)(H,25,26). The van der Waals surface area contributed by atoms with Gasteiger partial charge in [0.25, 0.3) is 11.6 Å². The Bertz CT molecular complexity index is 832. The molecule has 2 aromatic rings. The van der Waals surface area contributed by atoms with Gasteiger partial charge in [-0.1, -0.05) is 0 Å². The highest BCUT2D eigenvalue weighted by molar-refractivity contribution is 5.76. The third-order valence-corrected chi connectivity index (χ3v) is 3.79. The lowest BCUT2D eigenvalue weighted by atomic mass is 10.1. The number of fused-ring (bicyclic) bond motifs is 1. The Morgan fingerprint density at radius 2 is 1.88 bits per heavy atom. The van der Waals surface area contributed by atoms with E-state index in [0.29, 0.717) is 23.4 Å². The fraction of sp³-hybridized carbons (Fsp3) is 0.533. The van der Waals surface area contributed by atoms with Crippen molar-refractivity contribution in [2.45, 2.75) is 45.7 Å². The topological polar surface area (TPSA) is 109 Å². The molecule has 142 valence electrons. The fourth-order valence-electron chi connectivity index (χ4n) is 2.48. The van der Waals surface area contributed by atoms with Crippen LogP contribution in [-0.2, 0) is 22.2 Å². The molecule has 0 bridgehead atoms. The lowest BCUT2D eigenvalue weighted by Crippen LogP contribution is -2.25. The number of carboxylic acids is 1. The predicted molar refractivity (Wildman–Crippen MR) is 83.5 cm³/mol. The van der Waals surface area contributed by atoms with Crippen LogP contribution in [0.25, 0.3) is 5.78 Å². The van der Waals surface area contributed by atoms with E-state index in [2.05, 4.69) is 20.4 Å². The Balaban J connectivity index is 2.07. The summed E-state index contributed by atoms with van der Waals surface area (Å²) in [5, 5.41) is 14.6. The second-order valence-electron chi connectivity index (χ2n) is 5.75. The molecule has 0 aromatic carbocycles. The van der Waals surface area contributed by atoms with Gasteiger partial charge in [-0.15, -0.1) is 5.10 Å². The number of amides is 1. The van der Waals surface area contributed by atoms with Gasteiger partial charge in [0.05, 0.1) is 0 Å². The summed E-state index contributed by atoms with van der Waals surface area (Å²) in [6.07, 6.45) is -4.00. The zero-order chi connectivity index (χ0) is 19.5. The normalized spacial score (nSPS) is 11.7. The molecule has 0 unspecified atom stereocenters. The molecule has 0 aliphatic carbocycles. The van der Waals surface area contributed by atoms with Crippen LogP contribution in [0, 0.1) is 13.8 Å². The van der Waals surface area contributed by atoms with Crippen LogP contribution < -0.4 is 5.32 Å². The lowest BCUT2D eigenvalue weighted by Gasteiger charge is -2.10. The first-order valence-electron chi connectivity index (χ1n) is 7.88. The summed E-state index contributed by atoms with van der Waals surface area (Å²) in [6, 6.07) is 0. The molecule has 26 heavy (non-hydrogen) atoms. The molecule has 2 heterocycles. The van der Waals surface area contributed by atoms with Crippen LogP contribution in [0.4, 0.5) is 13.2 Å². The van der Waals surface area contributed by atoms with E-state index in [4.69, 9.17) is 5.11 Å². The predicted octanol–water partition coefficient (Wildman–Crippen LogP) is 1.67. The van der Waals surface area contributed by atoms with Crippen molar-refractivity contribution in [1.82, 2.24) is 24.9 Å². The van der Waals surface area contributed by atoms with Crippen LogP contribution in [0.1, 0.15) is 42.0 Å². The van der Waals surface area contributed by atoms with E-state index in [1.807, 2.05) is 0 Å². The van der Waals surface area contributed by atoms with Crippen molar-refractivity contribution in [2.75, 3.05) is 6.54 Å². The molecule has 0 radical (unpaired) electrons. The number of carbonyl (C=O) groups excluding carboxylic acids is 1. The molecule has 1 amide bonds. The van der Waals surface area contributed by atoms with E-state index >= 15 is 0 Å². The quantitative estimate of drug-likeness (QED) is 0.715. The molecule has 0 aliphatic heterocycles. The third-order valence-electron chi connectivity index (χ3n) is 3.79. The zero-order valence-corrected chi connectivity index (χ0v) is 14.2. The van der Waals surface area contributed by atoms with Gasteiger partial charge in [-0.05, 0) is 32.3 Å². The van der Waals surface area contributed by atoms with Crippen molar-refractivity contribution in [2.24, 2.45) is 0 Å². The number of aliphatic carboxylic acids is 1. The fourth-order valence-corrected chi connectivity index (χ4v) is 2.48. The maximum Gasteiger partial charge on any atom is 0.453 e. The summed E-state index contributed by atoms with van der Waals surface area (Å²) < 4.78 is 39.3. The second kappa shape index (κ2) is 7.67. The minimum Gasteiger partial charge on any atom is -0.481 e. The average molecular weight is 373 g/mol. The SMILES string of the molecule is Cc1nc2nc(C(F)(F)F)nn2c(C)c1CCC(=O)NCCCC(=O)O. The molecule has 8 nitrogen and oxygen atoms in total. The molecule has 0 spiro atoms. The first-order chi connectivity index (χ1) is 12.1. The Kier molecular flexibility index (Phi) is 5.78. The second-order valence-corrected chi connectivity index (χ2v) is 5.75. The van der Waals surface area contributed by atoms with Gasteiger partial charge in [0.2, 0.25) is 5.91 Å². The van der Waals surface area contributed by atoms with Crippen molar-refractivity contribution in [3.8, 4) is 0 Å². The van der Waals surface area contributed by atoms with Gasteiger partial charge in [0.15, 0.2) is 0 Å². The summed E-state index contributed by atoms with van der Waals surface area (Å²) >= 11 is 0. The van der Waals surface area contributed by atoms with Gasteiger partial charge in [-0.25, -0.2) is 9.50 Å². The summed E-state index contributed by atoms with van der Waals surface area (Å²) in [6.45, 7) is 3.48. The van der Waals surface area contributed by atoms with Gasteiger partial charge in [-0.2, -0.15) is 18.2 Å². The van der Waals surface area contributed by atoms with Gasteiger partial charge in [0, 0.05) is 30.8 Å². The Morgan fingerprint density at radius 3 is 2.50 bits per heavy atom. The Morgan fingerprint density at radius 1 is 1.19 bits per heavy atom. The molecular formula is C15H18F3N5O3. The molecule has 0 saturated carbocycles. The van der Waals surface area contributed by atoms with Crippen molar-refractivity contribution in [3.05, 3.63) is 22.8 Å². The van der Waals surface area contributed by atoms with E-state index < -0.39 is 18.0 Å². The number of hydrogen-bond donors (Lipinski definition) is 2. The molecule has 2 rings (SSSR count). The van der Waals surface area contributed by atoms with E-state index in [9.17, 15) is 22.8 Å². The van der Waals surface area contributed by atoms with E-state index in [0.717, 1.165) is 4.52 Å². The number of nitrogens with zero attached hydrogens (tertiary/aromatic N) is 4. The van der Waals surface area contributed by atoms with Gasteiger partial charge < -0.3 is 10.4 Å². The highest BCUT2D eigenvalue weighted by Gasteiger charge is 2.36. The number of nitrogens with one attached hydrogen (secondary N) is 1. The Labute approximate surface area is 146 Å². The van der Waals surface area contributed by atoms with Gasteiger partial charge in [-0.3, -0.25) is 9.59 Å². The van der Waals surface area contributed by atoms with Gasteiger partial charge in [0.1, 0.15) is 0 Å². The lowest BCUT2D eigenvalue weighted by molar-refractivity contribution is -0.144. The molecule has 0 fully saturated rings. The molecule has 2 aromatic heterocycles. The van der Waals surface area contributed by atoms with Crippen molar-refractivity contribution in [3.63, 3.8) is 0 Å². The first-order valence-corrected chi connectivity index (χ1v) is 7.88. The highest BCUT2D eigenvalue weighted by Crippen LogP contribution is 2.27. The number of carbonyl (C=O) groups is 2. The average Bonchev–Trinajstić information content (AvgIpc) is 2.95. The van der Waals surface area contributed by atoms with Crippen LogP contribution >= 0.6 is 0 Å². The summed E-state index contributed by atoms with van der Waals surface area (Å²) in [5.74, 6) is -2.62. The Hall–Kier alpha value is -2.72. The monoisotopic (exact) mass is 373 g/mol. The number of rotatable bonds is 7. The minimum atomic E-state index is -4.66. The molecule has 0 aliphatic rings. The number of carboxylic acid groups (broad SMARTS) is 1. The summed E-state index contributed by atoms with van der Waals surface area (Å²) in [4.78, 5) is 29.6. The van der Waals surface area contributed by atoms with Crippen LogP contribution in [0.5, 0.6) is 0 Å². The number of aromatic nitrogens is 4. The van der Waals surface area contributed by atoms with Crippen LogP contribution in [-0.4, -0.2) is 43.1 Å². The van der Waals surface area contributed by atoms with E-state index in [-0.39, 0.29) is 37.5 Å². The molecule has 0 saturated heterocycles. The molecule has 2 N–H and O–H groups in total. The number of hydrogen-bond acceptors (Lipinski definition) is 5. The maximum atomic E-state index is 12.8. The molecular weight excluding hydrogens is 355 g/mol. The van der Waals surface area contributed by atoms with Crippen LogP contribution in [0.2, 0.25) is 0 Å². The van der Waals surface area contributed by atoms with E-state index in [1.165, 1.54) is 0 Å². The maximum absolute atomic E-state index is 12.8. The summed E-state index contributed by atoms with van der Waals surface area (Å²) in [5.41, 5.74) is 1.54. The summed E-state index contributed by atoms with van der Waals surface area (Å²) in [7, 11) is 0. The van der Waals surface area contributed by atoms with Crippen molar-refractivity contribution >= 4 is 17.7 Å². The smallest absolute Gasteiger partial charge is 0.453 e. The highest BCUT2D eigenvalue weighted by atomic mass is 19.4. The van der Waals surface area contributed by atoms with Crippen LogP contribution in [0.3, 0.4) is 0 Å². The largest absolute Gasteiger partial charge is 0.481 e. The van der Waals surface area contributed by atoms with Gasteiger partial charge >= 0.3 is 12.1 Å². The minimum absolute atomic E-state index is 0.0348. The number of aryl methyl sites for hydroxylation is 2. The van der Waals surface area contributed by atoms with Crippen molar-refractivity contribution in [1.29, 1.82) is 0 Å². The number of alkyl halides is 3. The van der Waals surface area contributed by atoms with Crippen LogP contribution in [0.15, 0.2) is 0 Å². The molecule has 11 heteroatoms. The first kappa shape index (κ1) is 19.6. The molecule has 0 atom stereocenters. The van der Waals surface area contributed by atoms with Crippen molar-refractivity contribution < 1.29 is 27.9 Å². The van der Waals surface area contributed by atoms with E-state index in [1.54, 1.807) is 13.8 Å².